The molecule has 0 aromatic carbocycles. The van der Waals surface area contributed by atoms with Gasteiger partial charge in [0.2, 0.25) is 0 Å². The van der Waals surface area contributed by atoms with Gasteiger partial charge in [-0.05, 0) is 6.92 Å². The molecule has 1 unspecified atom stereocenters. The van der Waals surface area contributed by atoms with Gasteiger partial charge in [-0.15, -0.1) is 0 Å². The van der Waals surface area contributed by atoms with Crippen molar-refractivity contribution in [3.8, 4) is 0 Å². The van der Waals surface area contributed by atoms with Crippen molar-refractivity contribution in [2.45, 2.75) is 40.2 Å². The Morgan fingerprint density at radius 1 is 1.21 bits per heavy atom. The van der Waals surface area contributed by atoms with E-state index in [0.29, 0.717) is 13.0 Å². The average Bonchev–Trinajstić information content (AvgIpc) is 2.02. The summed E-state index contributed by atoms with van der Waals surface area (Å²) in [5.74, 6) is -0.654. The van der Waals surface area contributed by atoms with Gasteiger partial charge in [-0.1, -0.05) is 13.8 Å². The number of ether oxygens (including phenoxy) is 2. The summed E-state index contributed by atoms with van der Waals surface area (Å²) in [5.41, 5.74) is 0. The Morgan fingerprint density at radius 3 is 2.21 bits per heavy atom. The van der Waals surface area contributed by atoms with Crippen LogP contribution in [0.2, 0.25) is 0 Å². The molecular formula is C10H18O4. The molecule has 0 amide bonds. The van der Waals surface area contributed by atoms with E-state index in [1.807, 2.05) is 0 Å². The zero-order chi connectivity index (χ0) is 11.1. The van der Waals surface area contributed by atoms with Crippen LogP contribution in [-0.4, -0.2) is 24.6 Å². The highest BCUT2D eigenvalue weighted by Gasteiger charge is 2.12. The zero-order valence-electron chi connectivity index (χ0n) is 9.20. The second-order valence-electron chi connectivity index (χ2n) is 3.53. The van der Waals surface area contributed by atoms with Crippen LogP contribution in [0.1, 0.15) is 34.1 Å². The maximum Gasteiger partial charge on any atom is 0.308 e. The molecule has 0 spiro atoms. The van der Waals surface area contributed by atoms with Gasteiger partial charge >= 0.3 is 11.9 Å². The van der Waals surface area contributed by atoms with Crippen molar-refractivity contribution in [2.24, 2.45) is 5.92 Å². The zero-order valence-corrected chi connectivity index (χ0v) is 9.20. The molecule has 0 aromatic rings. The van der Waals surface area contributed by atoms with E-state index < -0.39 is 0 Å². The van der Waals surface area contributed by atoms with Crippen molar-refractivity contribution >= 4 is 11.9 Å². The summed E-state index contributed by atoms with van der Waals surface area (Å²) in [6, 6.07) is 0. The Balaban J connectivity index is 3.60. The first-order chi connectivity index (χ1) is 6.43. The third-order valence-electron chi connectivity index (χ3n) is 1.62. The van der Waals surface area contributed by atoms with Crippen LogP contribution in [0.25, 0.3) is 0 Å². The average molecular weight is 202 g/mol. The van der Waals surface area contributed by atoms with Gasteiger partial charge in [0.25, 0.3) is 0 Å². The molecule has 4 heteroatoms. The maximum atomic E-state index is 11.1. The van der Waals surface area contributed by atoms with Crippen molar-refractivity contribution in [1.82, 2.24) is 0 Å². The second kappa shape index (κ2) is 6.40. The van der Waals surface area contributed by atoms with Crippen LogP contribution in [0.15, 0.2) is 0 Å². The standard InChI is InChI=1S/C10H18O4/c1-7(2)10(12)14-8(3)5-6-13-9(4)11/h7-8H,5-6H2,1-4H3. The predicted molar refractivity (Wildman–Crippen MR) is 51.6 cm³/mol. The lowest BCUT2D eigenvalue weighted by molar-refractivity contribution is -0.153. The topological polar surface area (TPSA) is 52.6 Å². The summed E-state index contributed by atoms with van der Waals surface area (Å²) >= 11 is 0. The molecule has 0 saturated carbocycles. The second-order valence-corrected chi connectivity index (χ2v) is 3.53. The van der Waals surface area contributed by atoms with E-state index >= 15 is 0 Å². The summed E-state index contributed by atoms with van der Waals surface area (Å²) in [6.45, 7) is 6.98. The van der Waals surface area contributed by atoms with Crippen LogP contribution < -0.4 is 0 Å². The first-order valence-corrected chi connectivity index (χ1v) is 4.77. The third-order valence-corrected chi connectivity index (χ3v) is 1.62. The van der Waals surface area contributed by atoms with Gasteiger partial charge in [0.1, 0.15) is 6.10 Å². The van der Waals surface area contributed by atoms with Crippen molar-refractivity contribution in [1.29, 1.82) is 0 Å². The molecule has 0 N–H and O–H groups in total. The number of esters is 2. The highest BCUT2D eigenvalue weighted by Crippen LogP contribution is 2.03. The highest BCUT2D eigenvalue weighted by atomic mass is 16.6. The number of hydrogen-bond donors (Lipinski definition) is 0. The lowest BCUT2D eigenvalue weighted by Crippen LogP contribution is -2.20. The van der Waals surface area contributed by atoms with Gasteiger partial charge in [-0.2, -0.15) is 0 Å². The van der Waals surface area contributed by atoms with Crippen molar-refractivity contribution < 1.29 is 19.1 Å². The molecule has 0 radical (unpaired) electrons. The largest absolute Gasteiger partial charge is 0.466 e. The first-order valence-electron chi connectivity index (χ1n) is 4.77. The summed E-state index contributed by atoms with van der Waals surface area (Å²) in [7, 11) is 0. The molecule has 0 saturated heterocycles. The Labute approximate surface area is 84.6 Å². The van der Waals surface area contributed by atoms with E-state index in [1.165, 1.54) is 6.92 Å². The molecule has 0 aliphatic carbocycles. The Morgan fingerprint density at radius 2 is 1.79 bits per heavy atom. The van der Waals surface area contributed by atoms with E-state index in [1.54, 1.807) is 20.8 Å². The predicted octanol–water partition coefficient (Wildman–Crippen LogP) is 1.53. The van der Waals surface area contributed by atoms with Gasteiger partial charge in [0, 0.05) is 13.3 Å². The van der Waals surface area contributed by atoms with Crippen molar-refractivity contribution in [3.63, 3.8) is 0 Å². The normalized spacial score (nSPS) is 12.4. The Bertz CT molecular complexity index is 198. The van der Waals surface area contributed by atoms with E-state index in [9.17, 15) is 9.59 Å². The fraction of sp³-hybridized carbons (Fsp3) is 0.800. The quantitative estimate of drug-likeness (QED) is 0.634. The van der Waals surface area contributed by atoms with Crippen LogP contribution in [0.5, 0.6) is 0 Å². The molecule has 0 rings (SSSR count). The van der Waals surface area contributed by atoms with Gasteiger partial charge < -0.3 is 9.47 Å². The van der Waals surface area contributed by atoms with Gasteiger partial charge in [-0.3, -0.25) is 9.59 Å². The molecule has 1 atom stereocenters. The molecule has 14 heavy (non-hydrogen) atoms. The van der Waals surface area contributed by atoms with Crippen LogP contribution in [0.3, 0.4) is 0 Å². The number of carbonyl (C=O) groups is 2. The number of rotatable bonds is 5. The number of hydrogen-bond acceptors (Lipinski definition) is 4. The summed E-state index contributed by atoms with van der Waals surface area (Å²) in [5, 5.41) is 0. The molecule has 0 fully saturated rings. The van der Waals surface area contributed by atoms with Crippen molar-refractivity contribution in [3.05, 3.63) is 0 Å². The van der Waals surface area contributed by atoms with E-state index in [4.69, 9.17) is 9.47 Å². The van der Waals surface area contributed by atoms with Crippen LogP contribution in [-0.2, 0) is 19.1 Å². The molecule has 0 bridgehead atoms. The van der Waals surface area contributed by atoms with E-state index in [-0.39, 0.29) is 24.0 Å². The maximum absolute atomic E-state index is 11.1. The highest BCUT2D eigenvalue weighted by molar-refractivity contribution is 5.71. The van der Waals surface area contributed by atoms with Crippen LogP contribution in [0, 0.1) is 5.92 Å². The van der Waals surface area contributed by atoms with Gasteiger partial charge in [-0.25, -0.2) is 0 Å². The van der Waals surface area contributed by atoms with Crippen LogP contribution in [0.4, 0.5) is 0 Å². The Hall–Kier alpha value is -1.06. The van der Waals surface area contributed by atoms with E-state index in [0.717, 1.165) is 0 Å². The first kappa shape index (κ1) is 12.9. The molecule has 0 aromatic heterocycles. The third kappa shape index (κ3) is 6.46. The molecular weight excluding hydrogens is 184 g/mol. The smallest absolute Gasteiger partial charge is 0.308 e. The summed E-state index contributed by atoms with van der Waals surface area (Å²) < 4.78 is 9.79. The minimum Gasteiger partial charge on any atom is -0.466 e. The van der Waals surface area contributed by atoms with Crippen LogP contribution >= 0.6 is 0 Å². The van der Waals surface area contributed by atoms with Gasteiger partial charge in [0.15, 0.2) is 0 Å². The SMILES string of the molecule is CC(=O)OCCC(C)OC(=O)C(C)C. The van der Waals surface area contributed by atoms with E-state index in [2.05, 4.69) is 0 Å². The lowest BCUT2D eigenvalue weighted by Gasteiger charge is -2.14. The molecule has 0 aliphatic rings. The summed E-state index contributed by atoms with van der Waals surface area (Å²) in [4.78, 5) is 21.5. The lowest BCUT2D eigenvalue weighted by atomic mass is 10.2. The van der Waals surface area contributed by atoms with Gasteiger partial charge in [0.05, 0.1) is 12.5 Å². The molecule has 82 valence electrons. The summed E-state index contributed by atoms with van der Waals surface area (Å²) in [6.07, 6.45) is 0.335. The number of carbonyl (C=O) groups excluding carboxylic acids is 2. The molecule has 0 heterocycles. The monoisotopic (exact) mass is 202 g/mol. The molecule has 0 aliphatic heterocycles. The fourth-order valence-corrected chi connectivity index (χ4v) is 0.762. The Kier molecular flexibility index (Phi) is 5.92. The van der Waals surface area contributed by atoms with Crippen molar-refractivity contribution in [2.75, 3.05) is 6.61 Å². The minimum atomic E-state index is -0.313. The fourth-order valence-electron chi connectivity index (χ4n) is 0.762. The molecule has 4 nitrogen and oxygen atoms in total. The minimum absolute atomic E-state index is 0.119.